The van der Waals surface area contributed by atoms with E-state index in [1.807, 2.05) is 18.2 Å². The van der Waals surface area contributed by atoms with E-state index in [1.54, 1.807) is 30.7 Å². The van der Waals surface area contributed by atoms with E-state index in [1.165, 1.54) is 12.1 Å². The number of rotatable bonds is 3. The van der Waals surface area contributed by atoms with Crippen molar-refractivity contribution in [1.82, 2.24) is 0 Å². The highest BCUT2D eigenvalue weighted by atomic mass is 19.1. The molecule has 0 aliphatic heterocycles. The van der Waals surface area contributed by atoms with Gasteiger partial charge in [0, 0.05) is 11.1 Å². The number of halogens is 1. The summed E-state index contributed by atoms with van der Waals surface area (Å²) in [4.78, 5) is 11.1. The van der Waals surface area contributed by atoms with Crippen LogP contribution in [0.25, 0.3) is 22.3 Å². The van der Waals surface area contributed by atoms with Crippen LogP contribution in [0.3, 0.4) is 0 Å². The van der Waals surface area contributed by atoms with Gasteiger partial charge in [0.05, 0.1) is 12.5 Å². The van der Waals surface area contributed by atoms with E-state index in [0.717, 1.165) is 28.5 Å². The first-order valence-electron chi connectivity index (χ1n) is 6.15. The van der Waals surface area contributed by atoms with Gasteiger partial charge in [-0.25, -0.2) is 4.39 Å². The lowest BCUT2D eigenvalue weighted by Gasteiger charge is -2.07. The molecule has 2 nitrogen and oxygen atoms in total. The van der Waals surface area contributed by atoms with Crippen LogP contribution in [0.4, 0.5) is 4.39 Å². The highest BCUT2D eigenvalue weighted by Gasteiger charge is 2.08. The zero-order valence-corrected chi connectivity index (χ0v) is 10.5. The molecule has 3 aromatic rings. The van der Waals surface area contributed by atoms with Crippen molar-refractivity contribution in [2.45, 2.75) is 0 Å². The Kier molecular flexibility index (Phi) is 3.17. The van der Waals surface area contributed by atoms with Gasteiger partial charge in [0.2, 0.25) is 0 Å². The zero-order valence-electron chi connectivity index (χ0n) is 10.5. The van der Waals surface area contributed by atoms with Crippen molar-refractivity contribution < 1.29 is 13.6 Å². The highest BCUT2D eigenvalue weighted by molar-refractivity contribution is 5.89. The van der Waals surface area contributed by atoms with Crippen molar-refractivity contribution in [3.8, 4) is 22.3 Å². The number of hydrogen-bond donors (Lipinski definition) is 0. The molecule has 0 saturated heterocycles. The van der Waals surface area contributed by atoms with Gasteiger partial charge in [0.1, 0.15) is 5.82 Å². The second kappa shape index (κ2) is 5.13. The van der Waals surface area contributed by atoms with Crippen LogP contribution in [0.1, 0.15) is 10.4 Å². The molecule has 0 fully saturated rings. The van der Waals surface area contributed by atoms with Gasteiger partial charge in [-0.15, -0.1) is 0 Å². The number of aldehydes is 1. The number of carbonyl (C=O) groups excluding carboxylic acids is 1. The van der Waals surface area contributed by atoms with Crippen molar-refractivity contribution in [1.29, 1.82) is 0 Å². The van der Waals surface area contributed by atoms with E-state index in [-0.39, 0.29) is 5.82 Å². The SMILES string of the molecule is O=Cc1ccc(-c2cccc(F)c2)cc1-c1ccoc1. The lowest BCUT2D eigenvalue weighted by Crippen LogP contribution is -1.88. The summed E-state index contributed by atoms with van der Waals surface area (Å²) in [5.74, 6) is -0.285. The predicted molar refractivity (Wildman–Crippen MR) is 74.9 cm³/mol. The molecule has 98 valence electrons. The van der Waals surface area contributed by atoms with E-state index in [2.05, 4.69) is 0 Å². The summed E-state index contributed by atoms with van der Waals surface area (Å²) >= 11 is 0. The molecule has 0 unspecified atom stereocenters. The Morgan fingerprint density at radius 1 is 0.950 bits per heavy atom. The molecule has 3 heteroatoms. The normalized spacial score (nSPS) is 10.4. The minimum Gasteiger partial charge on any atom is -0.472 e. The third kappa shape index (κ3) is 2.26. The standard InChI is InChI=1S/C17H11FO2/c18-16-3-1-2-12(8-16)13-4-5-14(10-19)17(9-13)15-6-7-20-11-15/h1-11H. The third-order valence-corrected chi connectivity index (χ3v) is 3.17. The Labute approximate surface area is 115 Å². The topological polar surface area (TPSA) is 30.2 Å². The van der Waals surface area contributed by atoms with Gasteiger partial charge >= 0.3 is 0 Å². The van der Waals surface area contributed by atoms with Crippen LogP contribution in [0.5, 0.6) is 0 Å². The van der Waals surface area contributed by atoms with Crippen molar-refractivity contribution in [2.75, 3.05) is 0 Å². The molecule has 0 atom stereocenters. The largest absolute Gasteiger partial charge is 0.472 e. The van der Waals surface area contributed by atoms with E-state index >= 15 is 0 Å². The van der Waals surface area contributed by atoms with Gasteiger partial charge in [-0.05, 0) is 41.0 Å². The first-order chi connectivity index (χ1) is 9.78. The Morgan fingerprint density at radius 2 is 1.80 bits per heavy atom. The Bertz CT molecular complexity index is 745. The van der Waals surface area contributed by atoms with Gasteiger partial charge in [-0.2, -0.15) is 0 Å². The average Bonchev–Trinajstić information content (AvgIpc) is 3.00. The molecule has 20 heavy (non-hydrogen) atoms. The maximum Gasteiger partial charge on any atom is 0.150 e. The summed E-state index contributed by atoms with van der Waals surface area (Å²) in [6, 6.07) is 13.6. The number of furan rings is 1. The average molecular weight is 266 g/mol. The molecule has 0 bridgehead atoms. The molecular weight excluding hydrogens is 255 g/mol. The molecule has 0 N–H and O–H groups in total. The molecule has 2 aromatic carbocycles. The molecule has 0 aliphatic rings. The number of hydrogen-bond acceptors (Lipinski definition) is 2. The molecular formula is C17H11FO2. The second-order valence-corrected chi connectivity index (χ2v) is 4.44. The van der Waals surface area contributed by atoms with Crippen LogP contribution < -0.4 is 0 Å². The lowest BCUT2D eigenvalue weighted by atomic mass is 9.96. The van der Waals surface area contributed by atoms with Gasteiger partial charge in [-0.1, -0.05) is 24.3 Å². The van der Waals surface area contributed by atoms with E-state index in [4.69, 9.17) is 4.42 Å². The van der Waals surface area contributed by atoms with E-state index in [9.17, 15) is 9.18 Å². The highest BCUT2D eigenvalue weighted by Crippen LogP contribution is 2.29. The van der Waals surface area contributed by atoms with Crippen molar-refractivity contribution in [2.24, 2.45) is 0 Å². The quantitative estimate of drug-likeness (QED) is 0.650. The predicted octanol–water partition coefficient (Wildman–Crippen LogP) is 4.57. The maximum absolute atomic E-state index is 13.3. The summed E-state index contributed by atoms with van der Waals surface area (Å²) in [5, 5.41) is 0. The zero-order chi connectivity index (χ0) is 13.9. The van der Waals surface area contributed by atoms with Crippen LogP contribution in [0.15, 0.2) is 65.5 Å². The maximum atomic E-state index is 13.3. The van der Waals surface area contributed by atoms with Crippen LogP contribution in [0.2, 0.25) is 0 Å². The summed E-state index contributed by atoms with van der Waals surface area (Å²) in [5.41, 5.74) is 3.80. The molecule has 0 radical (unpaired) electrons. The Hall–Kier alpha value is -2.68. The van der Waals surface area contributed by atoms with E-state index in [0.29, 0.717) is 5.56 Å². The molecule has 1 aromatic heterocycles. The summed E-state index contributed by atoms with van der Waals surface area (Å²) in [6.45, 7) is 0. The van der Waals surface area contributed by atoms with Crippen LogP contribution in [-0.4, -0.2) is 6.29 Å². The van der Waals surface area contributed by atoms with Crippen molar-refractivity contribution >= 4 is 6.29 Å². The van der Waals surface area contributed by atoms with Crippen molar-refractivity contribution in [3.63, 3.8) is 0 Å². The molecule has 0 saturated carbocycles. The lowest BCUT2D eigenvalue weighted by molar-refractivity contribution is 0.112. The Morgan fingerprint density at radius 3 is 2.50 bits per heavy atom. The third-order valence-electron chi connectivity index (χ3n) is 3.17. The van der Waals surface area contributed by atoms with E-state index < -0.39 is 0 Å². The molecule has 0 amide bonds. The summed E-state index contributed by atoms with van der Waals surface area (Å²) < 4.78 is 18.4. The molecule has 0 aliphatic carbocycles. The van der Waals surface area contributed by atoms with Gasteiger partial charge in [-0.3, -0.25) is 4.79 Å². The minimum atomic E-state index is -0.285. The number of carbonyl (C=O) groups is 1. The summed E-state index contributed by atoms with van der Waals surface area (Å²) in [7, 11) is 0. The minimum absolute atomic E-state index is 0.285. The van der Waals surface area contributed by atoms with Crippen LogP contribution in [0, 0.1) is 5.82 Å². The Balaban J connectivity index is 2.15. The monoisotopic (exact) mass is 266 g/mol. The number of benzene rings is 2. The fourth-order valence-electron chi connectivity index (χ4n) is 2.17. The van der Waals surface area contributed by atoms with Crippen LogP contribution >= 0.6 is 0 Å². The van der Waals surface area contributed by atoms with Gasteiger partial charge in [0.25, 0.3) is 0 Å². The first-order valence-corrected chi connectivity index (χ1v) is 6.15. The fraction of sp³-hybridized carbons (Fsp3) is 0. The summed E-state index contributed by atoms with van der Waals surface area (Å²) in [6.07, 6.45) is 3.94. The molecule has 3 rings (SSSR count). The van der Waals surface area contributed by atoms with Crippen molar-refractivity contribution in [3.05, 3.63) is 72.4 Å². The molecule has 1 heterocycles. The van der Waals surface area contributed by atoms with Gasteiger partial charge in [0.15, 0.2) is 6.29 Å². The second-order valence-electron chi connectivity index (χ2n) is 4.44. The van der Waals surface area contributed by atoms with Crippen LogP contribution in [-0.2, 0) is 0 Å². The fourth-order valence-corrected chi connectivity index (χ4v) is 2.17. The first kappa shape index (κ1) is 12.4. The molecule has 0 spiro atoms. The smallest absolute Gasteiger partial charge is 0.150 e. The van der Waals surface area contributed by atoms with Gasteiger partial charge < -0.3 is 4.42 Å².